The first kappa shape index (κ1) is 18.2. The molecule has 0 saturated carbocycles. The van der Waals surface area contributed by atoms with Gasteiger partial charge in [-0.1, -0.05) is 12.1 Å². The third kappa shape index (κ3) is 4.35. The van der Waals surface area contributed by atoms with Crippen molar-refractivity contribution in [1.29, 1.82) is 0 Å². The Morgan fingerprint density at radius 3 is 2.47 bits per heavy atom. The molecule has 0 unspecified atom stereocenters. The van der Waals surface area contributed by atoms with Crippen molar-refractivity contribution in [2.24, 2.45) is 0 Å². The second-order valence-electron chi connectivity index (χ2n) is 4.17. The molecule has 1 aliphatic heterocycles. The number of halogens is 3. The van der Waals surface area contributed by atoms with Gasteiger partial charge in [0, 0.05) is 37.8 Å². The average molecular weight is 309 g/mol. The summed E-state index contributed by atoms with van der Waals surface area (Å²) >= 11 is 0. The van der Waals surface area contributed by atoms with E-state index in [1.54, 1.807) is 12.1 Å². The quantitative estimate of drug-likeness (QED) is 0.842. The lowest BCUT2D eigenvalue weighted by Crippen LogP contribution is -2.44. The standard InChI is InChI=1S/C13H17FN2O.2ClH/c1-2-13(16-7-5-15-6-8-16)11-4-3-10(17)9-12(11)14;;/h2-4,9,13,15,17H,1,5-8H2;2*1H/t13-;;/m0../s1. The zero-order chi connectivity index (χ0) is 12.3. The molecule has 19 heavy (non-hydrogen) atoms. The SMILES string of the molecule is C=C[C@@H](c1ccc(O)cc1F)N1CCNCC1.Cl.Cl. The molecule has 1 saturated heterocycles. The monoisotopic (exact) mass is 308 g/mol. The molecule has 0 radical (unpaired) electrons. The van der Waals surface area contributed by atoms with Crippen molar-refractivity contribution in [2.75, 3.05) is 26.2 Å². The zero-order valence-electron chi connectivity index (χ0n) is 10.5. The maximum atomic E-state index is 13.8. The van der Waals surface area contributed by atoms with Crippen LogP contribution in [0.2, 0.25) is 0 Å². The Morgan fingerprint density at radius 1 is 1.32 bits per heavy atom. The van der Waals surface area contributed by atoms with Gasteiger partial charge in [-0.15, -0.1) is 31.4 Å². The van der Waals surface area contributed by atoms with Crippen molar-refractivity contribution in [2.45, 2.75) is 6.04 Å². The molecule has 0 aliphatic carbocycles. The zero-order valence-corrected chi connectivity index (χ0v) is 12.1. The summed E-state index contributed by atoms with van der Waals surface area (Å²) in [5.74, 6) is -0.428. The van der Waals surface area contributed by atoms with E-state index in [1.165, 1.54) is 6.07 Å². The van der Waals surface area contributed by atoms with Crippen molar-refractivity contribution >= 4 is 24.8 Å². The summed E-state index contributed by atoms with van der Waals surface area (Å²) in [6, 6.07) is 4.15. The first-order valence-electron chi connectivity index (χ1n) is 5.78. The molecule has 1 heterocycles. The van der Waals surface area contributed by atoms with Crippen LogP contribution < -0.4 is 5.32 Å². The van der Waals surface area contributed by atoms with Crippen LogP contribution in [0.1, 0.15) is 11.6 Å². The molecule has 0 aromatic heterocycles. The van der Waals surface area contributed by atoms with Crippen LogP contribution in [0.5, 0.6) is 5.75 Å². The van der Waals surface area contributed by atoms with E-state index in [0.29, 0.717) is 5.56 Å². The van der Waals surface area contributed by atoms with E-state index >= 15 is 0 Å². The molecular formula is C13H19Cl2FN2O. The fourth-order valence-corrected chi connectivity index (χ4v) is 2.19. The van der Waals surface area contributed by atoms with Gasteiger partial charge in [0.1, 0.15) is 11.6 Å². The van der Waals surface area contributed by atoms with Gasteiger partial charge >= 0.3 is 0 Å². The van der Waals surface area contributed by atoms with E-state index in [4.69, 9.17) is 0 Å². The molecule has 0 bridgehead atoms. The van der Waals surface area contributed by atoms with E-state index in [9.17, 15) is 9.50 Å². The van der Waals surface area contributed by atoms with Crippen molar-refractivity contribution in [3.63, 3.8) is 0 Å². The van der Waals surface area contributed by atoms with Gasteiger partial charge in [-0.2, -0.15) is 0 Å². The van der Waals surface area contributed by atoms with Crippen LogP contribution in [0, 0.1) is 5.82 Å². The van der Waals surface area contributed by atoms with E-state index in [-0.39, 0.29) is 42.4 Å². The van der Waals surface area contributed by atoms with Crippen LogP contribution in [0.25, 0.3) is 0 Å². The predicted octanol–water partition coefficient (Wildman–Crippen LogP) is 2.51. The Kier molecular flexibility index (Phi) is 8.02. The fraction of sp³-hybridized carbons (Fsp3) is 0.385. The van der Waals surface area contributed by atoms with Gasteiger partial charge < -0.3 is 10.4 Å². The summed E-state index contributed by atoms with van der Waals surface area (Å²) in [7, 11) is 0. The molecule has 1 aromatic carbocycles. The summed E-state index contributed by atoms with van der Waals surface area (Å²) in [6.45, 7) is 7.34. The van der Waals surface area contributed by atoms with Crippen LogP contribution in [0.15, 0.2) is 30.9 Å². The van der Waals surface area contributed by atoms with Crippen LogP contribution in [-0.2, 0) is 0 Å². The molecule has 1 aromatic rings. The van der Waals surface area contributed by atoms with Gasteiger partial charge in [0.05, 0.1) is 6.04 Å². The first-order chi connectivity index (χ1) is 8.22. The van der Waals surface area contributed by atoms with Gasteiger partial charge in [-0.25, -0.2) is 4.39 Å². The normalized spacial score (nSPS) is 16.9. The molecule has 0 amide bonds. The second-order valence-corrected chi connectivity index (χ2v) is 4.17. The smallest absolute Gasteiger partial charge is 0.131 e. The Hall–Kier alpha value is -0.810. The summed E-state index contributed by atoms with van der Waals surface area (Å²) in [5.41, 5.74) is 0.569. The van der Waals surface area contributed by atoms with E-state index < -0.39 is 0 Å². The summed E-state index contributed by atoms with van der Waals surface area (Å²) in [6.07, 6.45) is 1.75. The van der Waals surface area contributed by atoms with Crippen molar-refractivity contribution < 1.29 is 9.50 Å². The number of nitrogens with one attached hydrogen (secondary N) is 1. The third-order valence-corrected chi connectivity index (χ3v) is 3.07. The number of nitrogens with zero attached hydrogens (tertiary/aromatic N) is 1. The predicted molar refractivity (Wildman–Crippen MR) is 79.9 cm³/mol. The number of phenolic OH excluding ortho intramolecular Hbond substituents is 1. The third-order valence-electron chi connectivity index (χ3n) is 3.07. The number of rotatable bonds is 3. The van der Waals surface area contributed by atoms with Gasteiger partial charge in [-0.3, -0.25) is 4.90 Å². The molecular weight excluding hydrogens is 290 g/mol. The molecule has 1 fully saturated rings. The minimum Gasteiger partial charge on any atom is -0.508 e. The number of aromatic hydroxyl groups is 1. The van der Waals surface area contributed by atoms with Gasteiger partial charge in [0.2, 0.25) is 0 Å². The van der Waals surface area contributed by atoms with Crippen LogP contribution >= 0.6 is 24.8 Å². The Bertz CT molecular complexity index is 412. The Labute approximate surface area is 125 Å². The molecule has 108 valence electrons. The molecule has 6 heteroatoms. The van der Waals surface area contributed by atoms with Gasteiger partial charge in [-0.05, 0) is 6.07 Å². The number of hydrogen-bond acceptors (Lipinski definition) is 3. The molecule has 2 N–H and O–H groups in total. The van der Waals surface area contributed by atoms with Gasteiger partial charge in [0.25, 0.3) is 0 Å². The lowest BCUT2D eigenvalue weighted by molar-refractivity contribution is 0.200. The molecule has 3 nitrogen and oxygen atoms in total. The molecule has 0 spiro atoms. The lowest BCUT2D eigenvalue weighted by atomic mass is 10.0. The largest absolute Gasteiger partial charge is 0.508 e. The highest BCUT2D eigenvalue weighted by Gasteiger charge is 2.21. The maximum Gasteiger partial charge on any atom is 0.131 e. The van der Waals surface area contributed by atoms with Crippen LogP contribution in [0.4, 0.5) is 4.39 Å². The molecule has 1 atom stereocenters. The topological polar surface area (TPSA) is 35.5 Å². The van der Waals surface area contributed by atoms with Crippen molar-refractivity contribution in [1.82, 2.24) is 10.2 Å². The number of phenols is 1. The highest BCUT2D eigenvalue weighted by molar-refractivity contribution is 5.85. The minimum absolute atomic E-state index is 0. The van der Waals surface area contributed by atoms with E-state index in [2.05, 4.69) is 16.8 Å². The maximum absolute atomic E-state index is 13.8. The Balaban J connectivity index is 0.00000162. The average Bonchev–Trinajstić information content (AvgIpc) is 2.34. The van der Waals surface area contributed by atoms with Crippen molar-refractivity contribution in [3.8, 4) is 5.75 Å². The Morgan fingerprint density at radius 2 is 1.95 bits per heavy atom. The molecule has 2 rings (SSSR count). The summed E-state index contributed by atoms with van der Waals surface area (Å²) in [4.78, 5) is 2.18. The fourth-order valence-electron chi connectivity index (χ4n) is 2.19. The second kappa shape index (κ2) is 8.38. The number of benzene rings is 1. The lowest BCUT2D eigenvalue weighted by Gasteiger charge is -2.33. The van der Waals surface area contributed by atoms with Crippen LogP contribution in [-0.4, -0.2) is 36.2 Å². The summed E-state index contributed by atoms with van der Waals surface area (Å²) < 4.78 is 13.8. The first-order valence-corrected chi connectivity index (χ1v) is 5.78. The highest BCUT2D eigenvalue weighted by Crippen LogP contribution is 2.26. The number of piperazine rings is 1. The summed E-state index contributed by atoms with van der Waals surface area (Å²) in [5, 5.41) is 12.5. The van der Waals surface area contributed by atoms with Crippen LogP contribution in [0.3, 0.4) is 0 Å². The van der Waals surface area contributed by atoms with Crippen molar-refractivity contribution in [3.05, 3.63) is 42.2 Å². The van der Waals surface area contributed by atoms with E-state index in [0.717, 1.165) is 32.2 Å². The highest BCUT2D eigenvalue weighted by atomic mass is 35.5. The van der Waals surface area contributed by atoms with Gasteiger partial charge in [0.15, 0.2) is 0 Å². The number of hydrogen-bond donors (Lipinski definition) is 2. The van der Waals surface area contributed by atoms with E-state index in [1.807, 2.05) is 0 Å². The molecule has 1 aliphatic rings. The minimum atomic E-state index is -0.381.